The van der Waals surface area contributed by atoms with Crippen LogP contribution in [0.1, 0.15) is 6.92 Å². The van der Waals surface area contributed by atoms with E-state index in [1.54, 1.807) is 0 Å². The van der Waals surface area contributed by atoms with Gasteiger partial charge in [-0.3, -0.25) is 14.7 Å². The number of likely N-dealkylation sites (N-methyl/N-ethyl adjacent to an activating group) is 1. The molecule has 0 aliphatic carbocycles. The van der Waals surface area contributed by atoms with Crippen LogP contribution in [0.4, 0.5) is 0 Å². The van der Waals surface area contributed by atoms with Gasteiger partial charge in [0, 0.05) is 45.8 Å². The van der Waals surface area contributed by atoms with Crippen molar-refractivity contribution >= 4 is 0 Å². The molecule has 0 aromatic carbocycles. The fourth-order valence-corrected chi connectivity index (χ4v) is 2.70. The lowest BCUT2D eigenvalue weighted by atomic mass is 10.2. The third-order valence-electron chi connectivity index (χ3n) is 3.89. The normalized spacial score (nSPS) is 28.1. The van der Waals surface area contributed by atoms with Gasteiger partial charge in [-0.15, -0.1) is 0 Å². The average Bonchev–Trinajstić information content (AvgIpc) is 2.42. The molecule has 2 aliphatic rings. The van der Waals surface area contributed by atoms with E-state index in [0.717, 1.165) is 59.0 Å². The topological polar surface area (TPSA) is 42.7 Å². The van der Waals surface area contributed by atoms with Crippen molar-refractivity contribution in [1.29, 1.82) is 5.26 Å². The summed E-state index contributed by atoms with van der Waals surface area (Å²) < 4.78 is 5.84. The number of piperazine rings is 1. The van der Waals surface area contributed by atoms with Crippen LogP contribution in [-0.4, -0.2) is 86.3 Å². The van der Waals surface area contributed by atoms with Crippen LogP contribution < -0.4 is 0 Å². The minimum Gasteiger partial charge on any atom is -0.374 e. The summed E-state index contributed by atoms with van der Waals surface area (Å²) in [4.78, 5) is 7.15. The predicted octanol–water partition coefficient (Wildman–Crippen LogP) is -0.152. The minimum atomic E-state index is 0.362. The molecule has 2 aliphatic heterocycles. The van der Waals surface area contributed by atoms with Crippen LogP contribution >= 0.6 is 0 Å². The molecule has 0 radical (unpaired) electrons. The minimum absolute atomic E-state index is 0.362. The molecule has 0 spiro atoms. The molecule has 0 N–H and O–H groups in total. The predicted molar refractivity (Wildman–Crippen MR) is 70.3 cm³/mol. The third kappa shape index (κ3) is 3.92. The molecule has 102 valence electrons. The van der Waals surface area contributed by atoms with Gasteiger partial charge in [0.25, 0.3) is 0 Å². The van der Waals surface area contributed by atoms with Crippen molar-refractivity contribution < 1.29 is 4.74 Å². The second kappa shape index (κ2) is 7.05. The van der Waals surface area contributed by atoms with Gasteiger partial charge in [-0.05, 0) is 6.54 Å². The van der Waals surface area contributed by atoms with Crippen molar-refractivity contribution in [2.75, 3.05) is 65.5 Å². The maximum atomic E-state index is 8.67. The van der Waals surface area contributed by atoms with E-state index in [0.29, 0.717) is 12.6 Å². The van der Waals surface area contributed by atoms with Crippen LogP contribution in [0.3, 0.4) is 0 Å². The van der Waals surface area contributed by atoms with Gasteiger partial charge < -0.3 is 4.74 Å². The van der Waals surface area contributed by atoms with Crippen LogP contribution in [0.5, 0.6) is 0 Å². The summed E-state index contributed by atoms with van der Waals surface area (Å²) in [6.45, 7) is 12.1. The number of rotatable bonds is 4. The molecule has 0 aromatic heterocycles. The highest BCUT2D eigenvalue weighted by Crippen LogP contribution is 2.09. The molecule has 2 rings (SSSR count). The van der Waals surface area contributed by atoms with E-state index in [1.807, 2.05) is 0 Å². The highest BCUT2D eigenvalue weighted by Gasteiger charge is 2.24. The maximum absolute atomic E-state index is 8.67. The number of morpholine rings is 1. The van der Waals surface area contributed by atoms with Gasteiger partial charge in [0.2, 0.25) is 0 Å². The molecule has 0 saturated carbocycles. The molecule has 0 bridgehead atoms. The smallest absolute Gasteiger partial charge is 0.0866 e. The molecule has 2 saturated heterocycles. The Kier molecular flexibility index (Phi) is 5.39. The molecule has 1 unspecified atom stereocenters. The molecule has 5 heteroatoms. The molecule has 1 atom stereocenters. The van der Waals surface area contributed by atoms with Crippen LogP contribution in [0.25, 0.3) is 0 Å². The lowest BCUT2D eigenvalue weighted by molar-refractivity contribution is -0.0463. The summed E-state index contributed by atoms with van der Waals surface area (Å²) in [7, 11) is 0. The van der Waals surface area contributed by atoms with Gasteiger partial charge in [-0.1, -0.05) is 6.92 Å². The second-order valence-corrected chi connectivity index (χ2v) is 5.12. The summed E-state index contributed by atoms with van der Waals surface area (Å²) >= 11 is 0. The number of ether oxygens (including phenoxy) is 1. The van der Waals surface area contributed by atoms with Crippen molar-refractivity contribution in [3.8, 4) is 6.07 Å². The zero-order valence-electron chi connectivity index (χ0n) is 11.3. The summed E-state index contributed by atoms with van der Waals surface area (Å²) in [6, 6.07) is 2.22. The van der Waals surface area contributed by atoms with Gasteiger partial charge in [-0.2, -0.15) is 5.26 Å². The van der Waals surface area contributed by atoms with E-state index in [-0.39, 0.29) is 0 Å². The SMILES string of the molecule is CCN1CCOC(CN2CCN(CC#N)CC2)C1. The molecule has 2 heterocycles. The van der Waals surface area contributed by atoms with Crippen LogP contribution in [0, 0.1) is 11.3 Å². The lowest BCUT2D eigenvalue weighted by Crippen LogP contribution is -2.52. The molecular formula is C13H24N4O. The first-order valence-corrected chi connectivity index (χ1v) is 6.97. The van der Waals surface area contributed by atoms with E-state index in [4.69, 9.17) is 10.00 Å². The summed E-state index contributed by atoms with van der Waals surface area (Å²) in [6.07, 6.45) is 0.362. The molecule has 0 amide bonds. The largest absolute Gasteiger partial charge is 0.374 e. The zero-order valence-corrected chi connectivity index (χ0v) is 11.3. The number of nitrogens with zero attached hydrogens (tertiary/aromatic N) is 4. The fraction of sp³-hybridized carbons (Fsp3) is 0.923. The highest BCUT2D eigenvalue weighted by atomic mass is 16.5. The van der Waals surface area contributed by atoms with Crippen molar-refractivity contribution in [2.24, 2.45) is 0 Å². The number of nitriles is 1. The average molecular weight is 252 g/mol. The number of hydrogen-bond acceptors (Lipinski definition) is 5. The Bertz CT molecular complexity index is 283. The van der Waals surface area contributed by atoms with Gasteiger partial charge >= 0.3 is 0 Å². The monoisotopic (exact) mass is 252 g/mol. The molecule has 0 aromatic rings. The van der Waals surface area contributed by atoms with Gasteiger partial charge in [-0.25, -0.2) is 0 Å². The highest BCUT2D eigenvalue weighted by molar-refractivity contribution is 4.82. The Morgan fingerprint density at radius 1 is 1.11 bits per heavy atom. The molecule has 5 nitrogen and oxygen atoms in total. The first-order chi connectivity index (χ1) is 8.81. The third-order valence-corrected chi connectivity index (χ3v) is 3.89. The van der Waals surface area contributed by atoms with Crippen molar-refractivity contribution in [3.63, 3.8) is 0 Å². The van der Waals surface area contributed by atoms with Crippen molar-refractivity contribution in [1.82, 2.24) is 14.7 Å². The molecule has 2 fully saturated rings. The zero-order chi connectivity index (χ0) is 12.8. The second-order valence-electron chi connectivity index (χ2n) is 5.12. The van der Waals surface area contributed by atoms with Gasteiger partial charge in [0.15, 0.2) is 0 Å². The van der Waals surface area contributed by atoms with E-state index in [2.05, 4.69) is 27.7 Å². The molecular weight excluding hydrogens is 228 g/mol. The first kappa shape index (κ1) is 13.8. The maximum Gasteiger partial charge on any atom is 0.0866 e. The summed E-state index contributed by atoms with van der Waals surface area (Å²) in [5, 5.41) is 8.67. The van der Waals surface area contributed by atoms with Crippen LogP contribution in [0.15, 0.2) is 0 Å². The van der Waals surface area contributed by atoms with E-state index in [1.165, 1.54) is 0 Å². The quantitative estimate of drug-likeness (QED) is 0.651. The Labute approximate surface area is 110 Å². The Balaban J connectivity index is 1.69. The van der Waals surface area contributed by atoms with E-state index >= 15 is 0 Å². The lowest BCUT2D eigenvalue weighted by Gasteiger charge is -2.38. The Morgan fingerprint density at radius 2 is 1.83 bits per heavy atom. The van der Waals surface area contributed by atoms with Gasteiger partial charge in [0.1, 0.15) is 0 Å². The Morgan fingerprint density at radius 3 is 2.50 bits per heavy atom. The van der Waals surface area contributed by atoms with E-state index in [9.17, 15) is 0 Å². The number of hydrogen-bond donors (Lipinski definition) is 0. The van der Waals surface area contributed by atoms with Crippen LogP contribution in [-0.2, 0) is 4.74 Å². The van der Waals surface area contributed by atoms with Gasteiger partial charge in [0.05, 0.1) is 25.3 Å². The summed E-state index contributed by atoms with van der Waals surface area (Å²) in [5.41, 5.74) is 0. The summed E-state index contributed by atoms with van der Waals surface area (Å²) in [5.74, 6) is 0. The first-order valence-electron chi connectivity index (χ1n) is 6.97. The van der Waals surface area contributed by atoms with Crippen molar-refractivity contribution in [3.05, 3.63) is 0 Å². The van der Waals surface area contributed by atoms with E-state index < -0.39 is 0 Å². The van der Waals surface area contributed by atoms with Crippen LogP contribution in [0.2, 0.25) is 0 Å². The Hall–Kier alpha value is -0.670. The molecule has 18 heavy (non-hydrogen) atoms. The van der Waals surface area contributed by atoms with Crippen molar-refractivity contribution in [2.45, 2.75) is 13.0 Å². The standard InChI is InChI=1S/C13H24N4O/c1-2-15-9-10-18-13(11-15)12-17-7-5-16(4-3-14)6-8-17/h13H,2,4-12H2,1H3. The fourth-order valence-electron chi connectivity index (χ4n) is 2.70.